The van der Waals surface area contributed by atoms with E-state index in [2.05, 4.69) is 160 Å². The van der Waals surface area contributed by atoms with E-state index in [1.807, 2.05) is 70.7 Å². The van der Waals surface area contributed by atoms with Gasteiger partial charge in [0.1, 0.15) is 17.5 Å². The highest BCUT2D eigenvalue weighted by molar-refractivity contribution is 7.12. The maximum absolute atomic E-state index is 6.15. The summed E-state index contributed by atoms with van der Waals surface area (Å²) in [6.07, 6.45) is 23.8. The standard InChI is InChI=1S/3C21H24N4S/c3*1-25(2)16-8-5-14(6-9-16)18-13-23-19-10-7-15(12-17(18)19)24-21(22)20-4-3-11-26-20/h3*3-5,7,10-13,16,23H,6,8-9H2,1-2H3,(H2,22,24). The third-order valence-corrected chi connectivity index (χ3v) is 18.1. The molecule has 9 N–H and O–H groups in total. The van der Waals surface area contributed by atoms with E-state index < -0.39 is 0 Å². The summed E-state index contributed by atoms with van der Waals surface area (Å²) in [6, 6.07) is 32.6. The van der Waals surface area contributed by atoms with Gasteiger partial charge in [0.2, 0.25) is 0 Å². The number of amidine groups is 3. The van der Waals surface area contributed by atoms with Gasteiger partial charge in [-0.1, -0.05) is 36.4 Å². The zero-order valence-electron chi connectivity index (χ0n) is 45.6. The van der Waals surface area contributed by atoms with E-state index in [9.17, 15) is 0 Å². The first-order valence-electron chi connectivity index (χ1n) is 26.9. The van der Waals surface area contributed by atoms with Crippen molar-refractivity contribution in [2.75, 3.05) is 42.3 Å². The highest BCUT2D eigenvalue weighted by Crippen LogP contribution is 2.38. The lowest BCUT2D eigenvalue weighted by Crippen LogP contribution is -2.28. The smallest absolute Gasteiger partial charge is 0.141 e. The van der Waals surface area contributed by atoms with Gasteiger partial charge in [0.15, 0.2) is 0 Å². The van der Waals surface area contributed by atoms with Crippen LogP contribution in [-0.2, 0) is 0 Å². The van der Waals surface area contributed by atoms with E-state index >= 15 is 0 Å². The van der Waals surface area contributed by atoms with Crippen molar-refractivity contribution in [3.05, 3.63) is 175 Å². The molecule has 0 saturated heterocycles. The first kappa shape index (κ1) is 54.3. The van der Waals surface area contributed by atoms with E-state index in [-0.39, 0.29) is 0 Å². The van der Waals surface area contributed by atoms with Gasteiger partial charge in [-0.25, -0.2) is 15.0 Å². The Hall–Kier alpha value is -7.11. The van der Waals surface area contributed by atoms with Crippen molar-refractivity contribution >= 4 is 118 Å². The monoisotopic (exact) mass is 1090 g/mol. The predicted octanol–water partition coefficient (Wildman–Crippen LogP) is 14.3. The van der Waals surface area contributed by atoms with Crippen LogP contribution < -0.4 is 17.2 Å². The number of thiophene rings is 3. The number of nitrogens with two attached hydrogens (primary N) is 3. The largest absolute Gasteiger partial charge is 0.383 e. The Bertz CT molecular complexity index is 3270. The Morgan fingerprint density at radius 3 is 0.962 bits per heavy atom. The number of hydrogen-bond acceptors (Lipinski definition) is 9. The molecule has 12 nitrogen and oxygen atoms in total. The van der Waals surface area contributed by atoms with Crippen LogP contribution in [-0.4, -0.2) is 108 Å². The molecule has 0 fully saturated rings. The molecular formula is C63H72N12S3. The Balaban J connectivity index is 0.000000132. The summed E-state index contributed by atoms with van der Waals surface area (Å²) in [5, 5.41) is 9.71. The van der Waals surface area contributed by atoms with E-state index in [1.165, 1.54) is 68.8 Å². The summed E-state index contributed by atoms with van der Waals surface area (Å²) in [4.78, 5) is 34.0. The van der Waals surface area contributed by atoms with E-state index in [0.29, 0.717) is 35.6 Å². The fourth-order valence-corrected chi connectivity index (χ4v) is 12.7. The SMILES string of the molecule is CN(C)C1CC=C(c2c[nH]c3ccc(N=C(N)c4cccs4)cc23)CC1.CN(C)C1CC=C(c2c[nH]c3ccc(N=C(N)c4cccs4)cc23)CC1.CN(C)C1CC=C(c2c[nH]c3ccc(N=C(N)c4cccs4)cc23)CC1. The van der Waals surface area contributed by atoms with Crippen molar-refractivity contribution in [2.45, 2.75) is 75.9 Å². The topological polar surface area (TPSA) is 172 Å². The second kappa shape index (κ2) is 24.7. The minimum absolute atomic E-state index is 0.571. The molecule has 3 aliphatic rings. The van der Waals surface area contributed by atoms with Gasteiger partial charge in [-0.2, -0.15) is 0 Å². The fourth-order valence-electron chi connectivity index (χ4n) is 10.8. The average Bonchev–Trinajstić information content (AvgIpc) is 4.39. The summed E-state index contributed by atoms with van der Waals surface area (Å²) in [6.45, 7) is 0. The molecule has 0 radical (unpaired) electrons. The van der Waals surface area contributed by atoms with Crippen LogP contribution in [0.4, 0.5) is 17.1 Å². The molecule has 0 spiro atoms. The van der Waals surface area contributed by atoms with Crippen molar-refractivity contribution in [1.82, 2.24) is 29.7 Å². The predicted molar refractivity (Wildman–Crippen MR) is 337 cm³/mol. The summed E-state index contributed by atoms with van der Waals surface area (Å²) < 4.78 is 0. The Kier molecular flexibility index (Phi) is 17.2. The van der Waals surface area contributed by atoms with Gasteiger partial charge < -0.3 is 46.9 Å². The third kappa shape index (κ3) is 12.7. The highest BCUT2D eigenvalue weighted by Gasteiger charge is 2.22. The molecule has 0 saturated carbocycles. The fraction of sp³-hybridized carbons (Fsp3) is 0.286. The molecule has 15 heteroatoms. The zero-order chi connectivity index (χ0) is 54.3. The molecule has 9 aromatic rings. The second-order valence-corrected chi connectivity index (χ2v) is 23.9. The quantitative estimate of drug-likeness (QED) is 0.0525. The molecule has 3 unspecified atom stereocenters. The number of benzene rings is 3. The van der Waals surface area contributed by atoms with E-state index in [0.717, 1.165) is 86.8 Å². The number of rotatable bonds is 12. The molecule has 0 amide bonds. The molecular weight excluding hydrogens is 1020 g/mol. The number of H-pyrrole nitrogens is 3. The zero-order valence-corrected chi connectivity index (χ0v) is 48.0. The lowest BCUT2D eigenvalue weighted by Gasteiger charge is -2.27. The number of fused-ring (bicyclic) bond motifs is 3. The molecule has 3 aromatic carbocycles. The van der Waals surface area contributed by atoms with Crippen LogP contribution >= 0.6 is 34.0 Å². The van der Waals surface area contributed by atoms with Gasteiger partial charge in [0, 0.05) is 86.1 Å². The van der Waals surface area contributed by atoms with E-state index in [1.54, 1.807) is 34.0 Å². The number of aromatic amines is 3. The van der Waals surface area contributed by atoms with Crippen LogP contribution in [0.25, 0.3) is 49.4 Å². The molecule has 3 atom stereocenters. The maximum Gasteiger partial charge on any atom is 0.141 e. The summed E-state index contributed by atoms with van der Waals surface area (Å²) >= 11 is 4.83. The van der Waals surface area contributed by atoms with Crippen molar-refractivity contribution in [3.8, 4) is 0 Å². The number of nitrogens with one attached hydrogen (secondary N) is 3. The van der Waals surface area contributed by atoms with Crippen LogP contribution in [0.15, 0.2) is 159 Å². The molecule has 0 aliphatic heterocycles. The van der Waals surface area contributed by atoms with Crippen molar-refractivity contribution in [2.24, 2.45) is 32.2 Å². The van der Waals surface area contributed by atoms with Crippen LogP contribution in [0.5, 0.6) is 0 Å². The van der Waals surface area contributed by atoms with Crippen LogP contribution in [0.2, 0.25) is 0 Å². The van der Waals surface area contributed by atoms with Crippen molar-refractivity contribution < 1.29 is 0 Å². The number of aliphatic imine (C=N–C) groups is 3. The molecule has 6 aromatic heterocycles. The van der Waals surface area contributed by atoms with Crippen molar-refractivity contribution in [1.29, 1.82) is 0 Å². The highest BCUT2D eigenvalue weighted by atomic mass is 32.1. The molecule has 402 valence electrons. The first-order valence-corrected chi connectivity index (χ1v) is 29.5. The Labute approximate surface area is 470 Å². The molecule has 0 bridgehead atoms. The minimum Gasteiger partial charge on any atom is -0.383 e. The third-order valence-electron chi connectivity index (χ3n) is 15.4. The van der Waals surface area contributed by atoms with Gasteiger partial charge in [-0.15, -0.1) is 34.0 Å². The summed E-state index contributed by atoms with van der Waals surface area (Å²) in [7, 11) is 13.0. The van der Waals surface area contributed by atoms with E-state index in [4.69, 9.17) is 17.2 Å². The number of hydrogen-bond donors (Lipinski definition) is 6. The normalized spacial score (nSPS) is 18.5. The van der Waals surface area contributed by atoms with Crippen molar-refractivity contribution in [3.63, 3.8) is 0 Å². The number of aromatic nitrogens is 3. The minimum atomic E-state index is 0.571. The molecule has 78 heavy (non-hydrogen) atoms. The average molecular weight is 1090 g/mol. The Morgan fingerprint density at radius 2 is 0.731 bits per heavy atom. The van der Waals surface area contributed by atoms with Gasteiger partial charge in [-0.3, -0.25) is 0 Å². The first-order chi connectivity index (χ1) is 37.8. The van der Waals surface area contributed by atoms with Gasteiger partial charge in [-0.05, 0) is 206 Å². The van der Waals surface area contributed by atoms with Crippen LogP contribution in [0.1, 0.15) is 89.1 Å². The van der Waals surface area contributed by atoms with Gasteiger partial charge in [0.05, 0.1) is 31.7 Å². The van der Waals surface area contributed by atoms with Gasteiger partial charge >= 0.3 is 0 Å². The number of nitrogens with zero attached hydrogens (tertiary/aromatic N) is 6. The summed E-state index contributed by atoms with van der Waals surface area (Å²) in [5.74, 6) is 1.71. The van der Waals surface area contributed by atoms with Crippen LogP contribution in [0.3, 0.4) is 0 Å². The molecule has 6 heterocycles. The lowest BCUT2D eigenvalue weighted by atomic mass is 9.90. The number of allylic oxidation sites excluding steroid dienone is 3. The molecule has 3 aliphatic carbocycles. The second-order valence-electron chi connectivity index (χ2n) is 21.1. The summed E-state index contributed by atoms with van der Waals surface area (Å²) in [5.41, 5.74) is 32.8. The Morgan fingerprint density at radius 1 is 0.436 bits per heavy atom. The maximum atomic E-state index is 6.15. The van der Waals surface area contributed by atoms with Gasteiger partial charge in [0.25, 0.3) is 0 Å². The molecule has 12 rings (SSSR count). The van der Waals surface area contributed by atoms with Crippen LogP contribution in [0, 0.1) is 0 Å². The lowest BCUT2D eigenvalue weighted by molar-refractivity contribution is 0.278.